The molecular formula is C24H31N3O5S. The molecule has 3 aliphatic heterocycles. The molecule has 0 radical (unpaired) electrons. The molecule has 9 heteroatoms. The van der Waals surface area contributed by atoms with Crippen molar-refractivity contribution in [2.75, 3.05) is 56.4 Å². The molecule has 2 aromatic rings. The van der Waals surface area contributed by atoms with Gasteiger partial charge in [0.15, 0.2) is 11.5 Å². The normalized spacial score (nSPS) is 20.6. The zero-order chi connectivity index (χ0) is 23.0. The lowest BCUT2D eigenvalue weighted by molar-refractivity contribution is 0.0730. The fraction of sp³-hybridized carbons (Fsp3) is 0.500. The van der Waals surface area contributed by atoms with E-state index in [1.807, 2.05) is 37.3 Å². The van der Waals surface area contributed by atoms with Crippen LogP contribution >= 0.6 is 0 Å². The van der Waals surface area contributed by atoms with Gasteiger partial charge in [0.2, 0.25) is 10.0 Å². The third kappa shape index (κ3) is 4.02. The maximum atomic E-state index is 13.3. The largest absolute Gasteiger partial charge is 0.493 e. The first-order valence-corrected chi connectivity index (χ1v) is 13.0. The summed E-state index contributed by atoms with van der Waals surface area (Å²) >= 11 is 0. The van der Waals surface area contributed by atoms with Crippen LogP contribution in [0.4, 0.5) is 11.4 Å². The molecule has 0 saturated carbocycles. The molecule has 178 valence electrons. The molecule has 5 rings (SSSR count). The molecule has 0 bridgehead atoms. The average Bonchev–Trinajstić information content (AvgIpc) is 3.42. The summed E-state index contributed by atoms with van der Waals surface area (Å²) in [5, 5.41) is 0. The van der Waals surface area contributed by atoms with Gasteiger partial charge in [-0.3, -0.25) is 0 Å². The van der Waals surface area contributed by atoms with Gasteiger partial charge in [0.05, 0.1) is 43.2 Å². The fourth-order valence-electron chi connectivity index (χ4n) is 5.06. The van der Waals surface area contributed by atoms with Crippen molar-refractivity contribution in [3.05, 3.63) is 42.0 Å². The second kappa shape index (κ2) is 9.04. The van der Waals surface area contributed by atoms with Gasteiger partial charge in [0, 0.05) is 26.2 Å². The molecule has 2 aromatic carbocycles. The van der Waals surface area contributed by atoms with Crippen molar-refractivity contribution in [3.8, 4) is 11.5 Å². The van der Waals surface area contributed by atoms with Crippen LogP contribution in [0.3, 0.4) is 0 Å². The molecule has 3 aliphatic rings. The van der Waals surface area contributed by atoms with Crippen LogP contribution in [-0.2, 0) is 21.3 Å². The number of methoxy groups -OCH3 is 1. The lowest BCUT2D eigenvalue weighted by Gasteiger charge is -2.28. The Hall–Kier alpha value is -2.49. The molecule has 0 aromatic heterocycles. The molecule has 0 spiro atoms. The highest BCUT2D eigenvalue weighted by atomic mass is 32.2. The maximum absolute atomic E-state index is 13.3. The van der Waals surface area contributed by atoms with Gasteiger partial charge in [0.1, 0.15) is 6.17 Å². The Morgan fingerprint density at radius 2 is 1.85 bits per heavy atom. The summed E-state index contributed by atoms with van der Waals surface area (Å²) in [4.78, 5) is 5.07. The minimum atomic E-state index is -3.56. The first-order valence-electron chi connectivity index (χ1n) is 11.6. The second-order valence-electron chi connectivity index (χ2n) is 8.53. The first kappa shape index (κ1) is 22.3. The van der Waals surface area contributed by atoms with Crippen molar-refractivity contribution >= 4 is 21.4 Å². The van der Waals surface area contributed by atoms with Gasteiger partial charge in [-0.05, 0) is 55.7 Å². The highest BCUT2D eigenvalue weighted by Gasteiger charge is 2.40. The number of fused-ring (bicyclic) bond motifs is 3. The molecule has 0 aliphatic carbocycles. The predicted molar refractivity (Wildman–Crippen MR) is 127 cm³/mol. The number of rotatable bonds is 7. The third-order valence-corrected chi connectivity index (χ3v) is 8.53. The molecule has 2 saturated heterocycles. The van der Waals surface area contributed by atoms with Gasteiger partial charge in [0.25, 0.3) is 0 Å². The second-order valence-corrected chi connectivity index (χ2v) is 10.5. The molecule has 0 unspecified atom stereocenters. The lowest BCUT2D eigenvalue weighted by atomic mass is 10.1. The smallest absolute Gasteiger partial charge is 0.243 e. The summed E-state index contributed by atoms with van der Waals surface area (Å²) in [5.74, 6) is 1.44. The molecule has 1 atom stereocenters. The third-order valence-electron chi connectivity index (χ3n) is 6.64. The molecule has 3 heterocycles. The van der Waals surface area contributed by atoms with Crippen molar-refractivity contribution in [2.45, 2.75) is 37.4 Å². The number of benzene rings is 2. The lowest BCUT2D eigenvalue weighted by Crippen LogP contribution is -2.40. The van der Waals surface area contributed by atoms with Crippen molar-refractivity contribution in [3.63, 3.8) is 0 Å². The van der Waals surface area contributed by atoms with Gasteiger partial charge in [-0.15, -0.1) is 0 Å². The van der Waals surface area contributed by atoms with E-state index in [1.54, 1.807) is 13.2 Å². The Morgan fingerprint density at radius 1 is 1.03 bits per heavy atom. The quantitative estimate of drug-likeness (QED) is 0.612. The van der Waals surface area contributed by atoms with E-state index in [-0.39, 0.29) is 6.17 Å². The Kier molecular flexibility index (Phi) is 6.11. The van der Waals surface area contributed by atoms with Gasteiger partial charge < -0.3 is 24.0 Å². The standard InChI is InChI=1S/C24H31N3O5S/c1-3-32-23-15-18(6-9-22(23)30-2)17-27-21-16-19(33(28,29)25-11-13-31-14-12-25)7-8-20(21)26-10-4-5-24(26)27/h6-9,15-16,24H,3-5,10-14,17H2,1-2H3/t24-/m1/s1. The SMILES string of the molecule is CCOc1cc(CN2c3cc(S(=O)(=O)N4CCOCC4)ccc3N3CCC[C@H]32)ccc1OC. The van der Waals surface area contributed by atoms with Crippen molar-refractivity contribution in [1.29, 1.82) is 0 Å². The van der Waals surface area contributed by atoms with E-state index in [9.17, 15) is 8.42 Å². The van der Waals surface area contributed by atoms with Crippen LogP contribution in [0, 0.1) is 0 Å². The molecule has 0 amide bonds. The summed E-state index contributed by atoms with van der Waals surface area (Å²) in [7, 11) is -1.92. The van der Waals surface area contributed by atoms with E-state index in [0.29, 0.717) is 50.1 Å². The average molecular weight is 474 g/mol. The van der Waals surface area contributed by atoms with Crippen LogP contribution in [0.2, 0.25) is 0 Å². The van der Waals surface area contributed by atoms with Gasteiger partial charge in [-0.25, -0.2) is 8.42 Å². The van der Waals surface area contributed by atoms with E-state index in [0.717, 1.165) is 42.1 Å². The van der Waals surface area contributed by atoms with E-state index in [2.05, 4.69) is 9.80 Å². The monoisotopic (exact) mass is 473 g/mol. The number of sulfonamides is 1. The van der Waals surface area contributed by atoms with Crippen molar-refractivity contribution < 1.29 is 22.6 Å². The number of morpholine rings is 1. The molecule has 33 heavy (non-hydrogen) atoms. The minimum absolute atomic E-state index is 0.235. The van der Waals surface area contributed by atoms with Crippen LogP contribution in [-0.4, -0.2) is 65.5 Å². The maximum Gasteiger partial charge on any atom is 0.243 e. The Labute approximate surface area is 195 Å². The zero-order valence-corrected chi connectivity index (χ0v) is 20.0. The van der Waals surface area contributed by atoms with Crippen LogP contribution < -0.4 is 19.3 Å². The molecular weight excluding hydrogens is 442 g/mol. The van der Waals surface area contributed by atoms with Crippen molar-refractivity contribution in [2.24, 2.45) is 0 Å². The summed E-state index contributed by atoms with van der Waals surface area (Å²) in [5.41, 5.74) is 3.18. The van der Waals surface area contributed by atoms with E-state index < -0.39 is 10.0 Å². The number of ether oxygens (including phenoxy) is 3. The van der Waals surface area contributed by atoms with Crippen LogP contribution in [0.15, 0.2) is 41.3 Å². The summed E-state index contributed by atoms with van der Waals surface area (Å²) in [6.45, 7) is 5.82. The summed E-state index contributed by atoms with van der Waals surface area (Å²) in [6.07, 6.45) is 2.41. The Balaban J connectivity index is 1.49. The summed E-state index contributed by atoms with van der Waals surface area (Å²) in [6, 6.07) is 11.6. The topological polar surface area (TPSA) is 71.5 Å². The Bertz CT molecular complexity index is 1120. The fourth-order valence-corrected chi connectivity index (χ4v) is 6.49. The van der Waals surface area contributed by atoms with Crippen LogP contribution in [0.1, 0.15) is 25.3 Å². The highest BCUT2D eigenvalue weighted by molar-refractivity contribution is 7.89. The summed E-state index contributed by atoms with van der Waals surface area (Å²) < 4.78 is 44.7. The number of hydrogen-bond acceptors (Lipinski definition) is 7. The first-order chi connectivity index (χ1) is 16.0. The number of hydrogen-bond donors (Lipinski definition) is 0. The van der Waals surface area contributed by atoms with E-state index in [1.165, 1.54) is 4.31 Å². The Morgan fingerprint density at radius 3 is 2.61 bits per heavy atom. The number of nitrogens with zero attached hydrogens (tertiary/aromatic N) is 3. The van der Waals surface area contributed by atoms with E-state index >= 15 is 0 Å². The molecule has 2 fully saturated rings. The van der Waals surface area contributed by atoms with Crippen molar-refractivity contribution in [1.82, 2.24) is 4.31 Å². The highest BCUT2D eigenvalue weighted by Crippen LogP contribution is 2.46. The predicted octanol–water partition coefficient (Wildman–Crippen LogP) is 3.06. The van der Waals surface area contributed by atoms with Gasteiger partial charge >= 0.3 is 0 Å². The van der Waals surface area contributed by atoms with Crippen LogP contribution in [0.25, 0.3) is 0 Å². The van der Waals surface area contributed by atoms with Gasteiger partial charge in [-0.1, -0.05) is 6.07 Å². The minimum Gasteiger partial charge on any atom is -0.493 e. The molecule has 0 N–H and O–H groups in total. The van der Waals surface area contributed by atoms with Crippen LogP contribution in [0.5, 0.6) is 11.5 Å². The molecule has 8 nitrogen and oxygen atoms in total. The zero-order valence-electron chi connectivity index (χ0n) is 19.2. The van der Waals surface area contributed by atoms with Gasteiger partial charge in [-0.2, -0.15) is 4.31 Å². The van der Waals surface area contributed by atoms with E-state index in [4.69, 9.17) is 14.2 Å². The number of anilines is 2.